The summed E-state index contributed by atoms with van der Waals surface area (Å²) in [6, 6.07) is 49.9. The molecule has 4 heterocycles. The van der Waals surface area contributed by atoms with Gasteiger partial charge in [-0.25, -0.2) is 4.98 Å². The topological polar surface area (TPSA) is 56.7 Å². The van der Waals surface area contributed by atoms with Crippen LogP contribution < -0.4 is 0 Å². The number of para-hydroxylation sites is 2. The molecule has 0 saturated heterocycles. The molecule has 269 valence electrons. The molecule has 0 aliphatic rings. The first kappa shape index (κ1) is 36.7. The van der Waals surface area contributed by atoms with E-state index in [1.54, 1.807) is 0 Å². The van der Waals surface area contributed by atoms with E-state index < -0.39 is 0 Å². The Hall–Kier alpha value is -5.68. The molecule has 0 saturated carbocycles. The predicted octanol–water partition coefficient (Wildman–Crippen LogP) is 12.6. The SMILES string of the molecule is Cc1ccnc2c1nc(-c1[c-]ccc3c1oc1ccccc13)n2-c1c(C(C)C)cccc1C(C)C.[Ir].[c-]1ccccc1-c1cc(-c2ccccc2)ccn1. The standard InChI is InChI=1S/C31H28N3O.C17H12N.Ir/c1-18(2)21-11-8-12-22(19(3)4)28(21)34-30(33-27-20(5)16-17-32-31(27)34)25-14-9-13-24-23-10-6-7-15-26(23)35-29(24)25;1-3-7-14(8-4-1)16-11-12-18-17(13-16)15-9-5-2-6-10-15;/h6-13,15-19H,1-5H3;1-9,11-13H;/q2*-1;. The number of nitrogens with zero attached hydrogens (tertiary/aromatic N) is 4. The van der Waals surface area contributed by atoms with E-state index in [4.69, 9.17) is 14.4 Å². The maximum Gasteiger partial charge on any atom is 0.155 e. The van der Waals surface area contributed by atoms with Crippen LogP contribution in [0.4, 0.5) is 0 Å². The van der Waals surface area contributed by atoms with Gasteiger partial charge in [0.2, 0.25) is 0 Å². The Kier molecular flexibility index (Phi) is 10.7. The van der Waals surface area contributed by atoms with E-state index in [1.807, 2.05) is 91.3 Å². The van der Waals surface area contributed by atoms with E-state index in [9.17, 15) is 0 Å². The minimum Gasteiger partial charge on any atom is -0.501 e. The van der Waals surface area contributed by atoms with Crippen LogP contribution in [0.1, 0.15) is 56.2 Å². The van der Waals surface area contributed by atoms with Gasteiger partial charge in [-0.3, -0.25) is 4.98 Å². The maximum absolute atomic E-state index is 6.41. The molecule has 9 aromatic rings. The summed E-state index contributed by atoms with van der Waals surface area (Å²) in [7, 11) is 0. The molecule has 5 nitrogen and oxygen atoms in total. The fourth-order valence-corrected chi connectivity index (χ4v) is 7.04. The zero-order valence-electron chi connectivity index (χ0n) is 31.0. The second-order valence-electron chi connectivity index (χ2n) is 13.9. The fraction of sp³-hybridized carbons (Fsp3) is 0.146. The van der Waals surface area contributed by atoms with Crippen molar-refractivity contribution >= 4 is 33.1 Å². The molecule has 0 aliphatic carbocycles. The molecule has 0 unspecified atom stereocenters. The van der Waals surface area contributed by atoms with Crippen LogP contribution in [0.5, 0.6) is 0 Å². The number of rotatable bonds is 6. The van der Waals surface area contributed by atoms with Gasteiger partial charge in [-0.05, 0) is 70.5 Å². The Labute approximate surface area is 330 Å². The second kappa shape index (κ2) is 15.7. The molecule has 1 radical (unpaired) electrons. The number of hydrogen-bond acceptors (Lipinski definition) is 4. The number of aromatic nitrogens is 4. The van der Waals surface area contributed by atoms with Gasteiger partial charge in [0.25, 0.3) is 0 Å². The van der Waals surface area contributed by atoms with Crippen molar-refractivity contribution in [1.82, 2.24) is 19.5 Å². The summed E-state index contributed by atoms with van der Waals surface area (Å²) in [6.07, 6.45) is 3.72. The van der Waals surface area contributed by atoms with Gasteiger partial charge in [0.15, 0.2) is 5.65 Å². The molecule has 4 aromatic heterocycles. The van der Waals surface area contributed by atoms with Crippen molar-refractivity contribution in [2.24, 2.45) is 0 Å². The first-order valence-electron chi connectivity index (χ1n) is 18.2. The number of pyridine rings is 2. The Morgan fingerprint density at radius 3 is 2.11 bits per heavy atom. The van der Waals surface area contributed by atoms with Crippen LogP contribution in [0.2, 0.25) is 0 Å². The molecule has 9 rings (SSSR count). The molecule has 0 spiro atoms. The molecule has 0 atom stereocenters. The molecular weight excluding hydrogens is 841 g/mol. The van der Waals surface area contributed by atoms with Gasteiger partial charge in [0, 0.05) is 43.6 Å². The quantitative estimate of drug-likeness (QED) is 0.156. The average Bonchev–Trinajstić information content (AvgIpc) is 3.78. The zero-order chi connectivity index (χ0) is 36.5. The van der Waals surface area contributed by atoms with Crippen LogP contribution in [0, 0.1) is 19.1 Å². The Morgan fingerprint density at radius 2 is 1.37 bits per heavy atom. The molecule has 0 aliphatic heterocycles. The monoisotopic (exact) mass is 881 g/mol. The number of hydrogen-bond donors (Lipinski definition) is 0. The molecule has 54 heavy (non-hydrogen) atoms. The van der Waals surface area contributed by atoms with Gasteiger partial charge in [0.05, 0.1) is 16.9 Å². The van der Waals surface area contributed by atoms with Crippen LogP contribution in [0.3, 0.4) is 0 Å². The third-order valence-corrected chi connectivity index (χ3v) is 9.73. The van der Waals surface area contributed by atoms with Crippen molar-refractivity contribution in [2.75, 3.05) is 0 Å². The molecule has 0 fully saturated rings. The van der Waals surface area contributed by atoms with E-state index in [1.165, 1.54) is 22.3 Å². The first-order valence-corrected chi connectivity index (χ1v) is 18.2. The number of fused-ring (bicyclic) bond motifs is 4. The van der Waals surface area contributed by atoms with E-state index >= 15 is 0 Å². The fourth-order valence-electron chi connectivity index (χ4n) is 7.04. The molecule has 5 aromatic carbocycles. The summed E-state index contributed by atoms with van der Waals surface area (Å²) < 4.78 is 8.65. The molecule has 0 amide bonds. The Morgan fingerprint density at radius 1 is 0.648 bits per heavy atom. The van der Waals surface area contributed by atoms with Crippen molar-refractivity contribution in [2.45, 2.75) is 46.5 Å². The summed E-state index contributed by atoms with van der Waals surface area (Å²) in [4.78, 5) is 14.4. The van der Waals surface area contributed by atoms with Crippen LogP contribution >= 0.6 is 0 Å². The largest absolute Gasteiger partial charge is 0.501 e. The van der Waals surface area contributed by atoms with E-state index in [0.29, 0.717) is 11.8 Å². The predicted molar refractivity (Wildman–Crippen MR) is 217 cm³/mol. The van der Waals surface area contributed by atoms with Crippen LogP contribution in [-0.2, 0) is 20.1 Å². The van der Waals surface area contributed by atoms with Gasteiger partial charge in [-0.1, -0.05) is 111 Å². The van der Waals surface area contributed by atoms with Crippen LogP contribution in [0.25, 0.3) is 72.6 Å². The third-order valence-electron chi connectivity index (χ3n) is 9.73. The first-order chi connectivity index (χ1) is 25.9. The number of benzene rings is 5. The Bertz CT molecular complexity index is 2610. The summed E-state index contributed by atoms with van der Waals surface area (Å²) in [5.41, 5.74) is 13.4. The maximum atomic E-state index is 6.41. The van der Waals surface area contributed by atoms with Gasteiger partial charge >= 0.3 is 0 Å². The summed E-state index contributed by atoms with van der Waals surface area (Å²) in [5.74, 6) is 1.48. The van der Waals surface area contributed by atoms with Gasteiger partial charge in [-0.15, -0.1) is 54.1 Å². The van der Waals surface area contributed by atoms with Gasteiger partial charge in [0.1, 0.15) is 5.58 Å². The summed E-state index contributed by atoms with van der Waals surface area (Å²) in [5, 5.41) is 2.17. The average molecular weight is 881 g/mol. The number of furan rings is 1. The third kappa shape index (κ3) is 6.91. The van der Waals surface area contributed by atoms with E-state index in [2.05, 4.69) is 105 Å². The minimum absolute atomic E-state index is 0. The second-order valence-corrected chi connectivity index (χ2v) is 13.9. The number of imidazole rings is 1. The molecule has 0 N–H and O–H groups in total. The van der Waals surface area contributed by atoms with Crippen LogP contribution in [0.15, 0.2) is 144 Å². The van der Waals surface area contributed by atoms with Gasteiger partial charge < -0.3 is 14.0 Å². The zero-order valence-corrected chi connectivity index (χ0v) is 33.4. The molecule has 0 bridgehead atoms. The summed E-state index contributed by atoms with van der Waals surface area (Å²) in [6.45, 7) is 11.1. The summed E-state index contributed by atoms with van der Waals surface area (Å²) >= 11 is 0. The van der Waals surface area contributed by atoms with Crippen molar-refractivity contribution in [3.05, 3.63) is 169 Å². The van der Waals surface area contributed by atoms with Crippen molar-refractivity contribution < 1.29 is 24.5 Å². The minimum atomic E-state index is 0. The smallest absolute Gasteiger partial charge is 0.155 e. The van der Waals surface area contributed by atoms with E-state index in [0.717, 1.165) is 67.0 Å². The normalized spacial score (nSPS) is 11.2. The van der Waals surface area contributed by atoms with Crippen molar-refractivity contribution in [3.63, 3.8) is 0 Å². The van der Waals surface area contributed by atoms with Crippen LogP contribution in [-0.4, -0.2) is 19.5 Å². The van der Waals surface area contributed by atoms with Crippen molar-refractivity contribution in [1.29, 1.82) is 0 Å². The molecule has 6 heteroatoms. The number of aryl methyl sites for hydroxylation is 1. The Balaban J connectivity index is 0.000000200. The van der Waals surface area contributed by atoms with Gasteiger partial charge in [-0.2, -0.15) is 0 Å². The van der Waals surface area contributed by atoms with Crippen molar-refractivity contribution in [3.8, 4) is 39.5 Å². The van der Waals surface area contributed by atoms with E-state index in [-0.39, 0.29) is 20.1 Å². The molecular formula is C48H40IrN4O-2.